The summed E-state index contributed by atoms with van der Waals surface area (Å²) in [5.74, 6) is 2.30. The Morgan fingerprint density at radius 2 is 1.83 bits per heavy atom. The molecule has 4 aliphatic carbocycles. The number of pyridine rings is 1. The maximum atomic E-state index is 13.0. The van der Waals surface area contributed by atoms with Crippen LogP contribution in [0.5, 0.6) is 0 Å². The fourth-order valence-corrected chi connectivity index (χ4v) is 6.47. The van der Waals surface area contributed by atoms with Gasteiger partial charge in [0.25, 0.3) is 0 Å². The van der Waals surface area contributed by atoms with Crippen molar-refractivity contribution in [2.75, 3.05) is 11.9 Å². The molecule has 2 N–H and O–H groups in total. The van der Waals surface area contributed by atoms with E-state index in [1.807, 2.05) is 20.0 Å². The normalized spacial score (nSPS) is 29.9. The molecule has 2 aromatic rings. The Balaban J connectivity index is 1.16. The number of amides is 2. The van der Waals surface area contributed by atoms with E-state index in [1.165, 1.54) is 19.3 Å². The van der Waals surface area contributed by atoms with Gasteiger partial charge in [-0.25, -0.2) is 4.98 Å². The van der Waals surface area contributed by atoms with Crippen LogP contribution in [0.15, 0.2) is 12.3 Å². The Kier molecular flexibility index (Phi) is 4.37. The van der Waals surface area contributed by atoms with Gasteiger partial charge in [0.2, 0.25) is 11.8 Å². The molecule has 0 aliphatic heterocycles. The van der Waals surface area contributed by atoms with Gasteiger partial charge in [0.1, 0.15) is 0 Å². The van der Waals surface area contributed by atoms with E-state index in [2.05, 4.69) is 20.7 Å². The van der Waals surface area contributed by atoms with Crippen LogP contribution in [0.25, 0.3) is 11.0 Å². The average Bonchev–Trinajstić information content (AvgIpc) is 2.94. The third-order valence-corrected chi connectivity index (χ3v) is 7.30. The lowest BCUT2D eigenvalue weighted by molar-refractivity contribution is -0.146. The summed E-state index contributed by atoms with van der Waals surface area (Å²) in [6.45, 7) is 2.31. The summed E-state index contributed by atoms with van der Waals surface area (Å²) in [6.07, 6.45) is 9.03. The number of carbonyl (C=O) groups is 2. The van der Waals surface area contributed by atoms with E-state index in [4.69, 9.17) is 0 Å². The summed E-state index contributed by atoms with van der Waals surface area (Å²) in [7, 11) is 1.85. The Bertz CT molecular complexity index is 944. The van der Waals surface area contributed by atoms with E-state index in [1.54, 1.807) is 10.9 Å². The summed E-state index contributed by atoms with van der Waals surface area (Å²) in [5, 5.41) is 11.2. The van der Waals surface area contributed by atoms with Crippen molar-refractivity contribution in [2.45, 2.75) is 51.9 Å². The Hall–Kier alpha value is -2.44. The second kappa shape index (κ2) is 6.82. The molecule has 7 heteroatoms. The van der Waals surface area contributed by atoms with Gasteiger partial charge >= 0.3 is 0 Å². The molecule has 0 saturated heterocycles. The monoisotopic (exact) mass is 395 g/mol. The highest BCUT2D eigenvalue weighted by molar-refractivity contribution is 5.93. The van der Waals surface area contributed by atoms with Crippen LogP contribution in [-0.4, -0.2) is 33.1 Å². The summed E-state index contributed by atoms with van der Waals surface area (Å²) >= 11 is 0. The van der Waals surface area contributed by atoms with E-state index >= 15 is 0 Å². The lowest BCUT2D eigenvalue weighted by Gasteiger charge is -2.55. The molecule has 4 bridgehead atoms. The van der Waals surface area contributed by atoms with Gasteiger partial charge in [-0.2, -0.15) is 5.10 Å². The van der Waals surface area contributed by atoms with E-state index in [-0.39, 0.29) is 23.7 Å². The van der Waals surface area contributed by atoms with E-state index < -0.39 is 0 Å². The van der Waals surface area contributed by atoms with Crippen molar-refractivity contribution >= 4 is 28.5 Å². The molecular formula is C22H29N5O2. The van der Waals surface area contributed by atoms with Crippen molar-refractivity contribution < 1.29 is 9.59 Å². The topological polar surface area (TPSA) is 88.9 Å². The van der Waals surface area contributed by atoms with Gasteiger partial charge in [-0.3, -0.25) is 14.3 Å². The van der Waals surface area contributed by atoms with Crippen molar-refractivity contribution in [1.29, 1.82) is 0 Å². The molecule has 0 atom stereocenters. The average molecular weight is 396 g/mol. The first-order valence-electron chi connectivity index (χ1n) is 10.8. The Morgan fingerprint density at radius 3 is 2.48 bits per heavy atom. The number of aromatic nitrogens is 3. The highest BCUT2D eigenvalue weighted by Crippen LogP contribution is 2.60. The summed E-state index contributed by atoms with van der Waals surface area (Å²) in [6, 6.07) is 1.90. The lowest BCUT2D eigenvalue weighted by Crippen LogP contribution is -2.53. The number of nitrogens with zero attached hydrogens (tertiary/aromatic N) is 3. The van der Waals surface area contributed by atoms with Crippen molar-refractivity contribution in [3.05, 3.63) is 18.0 Å². The highest BCUT2D eigenvalue weighted by atomic mass is 16.2. The number of carbonyl (C=O) groups excluding carboxylic acids is 2. The maximum Gasteiger partial charge on any atom is 0.226 e. The number of nitrogens with one attached hydrogen (secondary N) is 2. The largest absolute Gasteiger partial charge is 0.355 e. The fourth-order valence-electron chi connectivity index (χ4n) is 6.47. The molecule has 0 spiro atoms. The molecule has 29 heavy (non-hydrogen) atoms. The number of hydrogen-bond acceptors (Lipinski definition) is 4. The predicted molar refractivity (Wildman–Crippen MR) is 110 cm³/mol. The van der Waals surface area contributed by atoms with E-state index in [9.17, 15) is 9.59 Å². The quantitative estimate of drug-likeness (QED) is 0.815. The van der Waals surface area contributed by atoms with Crippen molar-refractivity contribution in [3.63, 3.8) is 0 Å². The minimum absolute atomic E-state index is 0.112. The number of anilines is 1. The Morgan fingerprint density at radius 1 is 1.17 bits per heavy atom. The molecule has 0 radical (unpaired) electrons. The first kappa shape index (κ1) is 18.6. The summed E-state index contributed by atoms with van der Waals surface area (Å²) < 4.78 is 1.73. The van der Waals surface area contributed by atoms with Gasteiger partial charge in [-0.1, -0.05) is 0 Å². The van der Waals surface area contributed by atoms with Gasteiger partial charge in [-0.05, 0) is 69.3 Å². The third kappa shape index (κ3) is 3.30. The number of aryl methyl sites for hydroxylation is 2. The molecule has 154 valence electrons. The van der Waals surface area contributed by atoms with E-state index in [0.29, 0.717) is 12.2 Å². The summed E-state index contributed by atoms with van der Waals surface area (Å²) in [5.41, 5.74) is 2.18. The molecule has 2 heterocycles. The number of hydrogen-bond donors (Lipinski definition) is 2. The summed E-state index contributed by atoms with van der Waals surface area (Å²) in [4.78, 5) is 29.7. The van der Waals surface area contributed by atoms with Crippen molar-refractivity contribution in [2.24, 2.45) is 30.2 Å². The standard InChI is InChI=1S/C22H29N5O2/c1-13-18-8-17(12-24-20(18)27(2)26-13)25-19(28)3-4-23-21(29)22-9-14-5-15(10-22)7-16(6-14)11-22/h8,12,14-16H,3-7,9-11H2,1-2H3,(H,23,29)(H,25,28). The molecule has 4 saturated carbocycles. The van der Waals surface area contributed by atoms with Crippen LogP contribution in [0.2, 0.25) is 0 Å². The van der Waals surface area contributed by atoms with Crippen LogP contribution in [-0.2, 0) is 16.6 Å². The van der Waals surface area contributed by atoms with Crippen molar-refractivity contribution in [3.8, 4) is 0 Å². The lowest BCUT2D eigenvalue weighted by atomic mass is 9.49. The van der Waals surface area contributed by atoms with Gasteiger partial charge in [-0.15, -0.1) is 0 Å². The Labute approximate surface area is 170 Å². The molecule has 2 amide bonds. The smallest absolute Gasteiger partial charge is 0.226 e. The molecular weight excluding hydrogens is 366 g/mol. The second-order valence-corrected chi connectivity index (χ2v) is 9.56. The zero-order valence-electron chi connectivity index (χ0n) is 17.2. The van der Waals surface area contributed by atoms with Crippen LogP contribution in [0.4, 0.5) is 5.69 Å². The highest BCUT2D eigenvalue weighted by Gasteiger charge is 2.54. The molecule has 4 fully saturated rings. The molecule has 7 nitrogen and oxygen atoms in total. The zero-order valence-corrected chi connectivity index (χ0v) is 17.2. The van der Waals surface area contributed by atoms with Gasteiger partial charge < -0.3 is 10.6 Å². The van der Waals surface area contributed by atoms with Gasteiger partial charge in [0.15, 0.2) is 5.65 Å². The molecule has 0 unspecified atom stereocenters. The minimum Gasteiger partial charge on any atom is -0.355 e. The van der Waals surface area contributed by atoms with Crippen LogP contribution < -0.4 is 10.6 Å². The first-order valence-corrected chi connectivity index (χ1v) is 10.8. The van der Waals surface area contributed by atoms with Crippen molar-refractivity contribution in [1.82, 2.24) is 20.1 Å². The van der Waals surface area contributed by atoms with Crippen LogP contribution in [0.1, 0.15) is 50.6 Å². The molecule has 6 rings (SSSR count). The zero-order chi connectivity index (χ0) is 20.2. The fraction of sp³-hybridized carbons (Fsp3) is 0.636. The predicted octanol–water partition coefficient (Wildman–Crippen LogP) is 2.94. The molecule has 2 aromatic heterocycles. The third-order valence-electron chi connectivity index (χ3n) is 7.30. The van der Waals surface area contributed by atoms with Crippen LogP contribution >= 0.6 is 0 Å². The number of rotatable bonds is 5. The first-order chi connectivity index (χ1) is 13.9. The van der Waals surface area contributed by atoms with Gasteiger partial charge in [0.05, 0.1) is 17.6 Å². The van der Waals surface area contributed by atoms with Gasteiger partial charge in [0, 0.05) is 30.8 Å². The second-order valence-electron chi connectivity index (χ2n) is 9.56. The number of fused-ring (bicyclic) bond motifs is 1. The minimum atomic E-state index is -0.155. The molecule has 0 aromatic carbocycles. The van der Waals surface area contributed by atoms with E-state index in [0.717, 1.165) is 53.7 Å². The maximum absolute atomic E-state index is 13.0. The van der Waals surface area contributed by atoms with Crippen LogP contribution in [0, 0.1) is 30.1 Å². The molecule has 4 aliphatic rings. The SMILES string of the molecule is Cc1nn(C)c2ncc(NC(=O)CCNC(=O)C34CC5CC(CC(C5)C3)C4)cc12. The van der Waals surface area contributed by atoms with Crippen LogP contribution in [0.3, 0.4) is 0 Å².